The quantitative estimate of drug-likeness (QED) is 0.151. The van der Waals surface area contributed by atoms with E-state index < -0.39 is 17.8 Å². The lowest BCUT2D eigenvalue weighted by molar-refractivity contribution is 0.188. The van der Waals surface area contributed by atoms with Gasteiger partial charge in [0.05, 0.1) is 13.1 Å². The zero-order valence-electron chi connectivity index (χ0n) is 18.2. The van der Waals surface area contributed by atoms with Gasteiger partial charge in [0.25, 0.3) is 0 Å². The Labute approximate surface area is 172 Å². The first-order valence-corrected chi connectivity index (χ1v) is 14.4. The molecule has 0 fully saturated rings. The first kappa shape index (κ1) is 29.2. The van der Waals surface area contributed by atoms with E-state index in [4.69, 9.17) is 17.7 Å². The predicted molar refractivity (Wildman–Crippen MR) is 115 cm³/mol. The van der Waals surface area contributed by atoms with Crippen LogP contribution in [0.4, 0.5) is 0 Å². The van der Waals surface area contributed by atoms with Gasteiger partial charge in [-0.05, 0) is 65.6 Å². The lowest BCUT2D eigenvalue weighted by Crippen LogP contribution is -2.38. The molecule has 0 rings (SSSR count). The first-order chi connectivity index (χ1) is 13.5. The maximum atomic E-state index is 9.84. The van der Waals surface area contributed by atoms with E-state index in [0.717, 1.165) is 44.6 Å². The molecule has 0 radical (unpaired) electrons. The van der Waals surface area contributed by atoms with E-state index in [1.807, 2.05) is 34.2 Å². The van der Waals surface area contributed by atoms with E-state index in [2.05, 4.69) is 9.98 Å². The molecular weight excluding hydrogens is 396 g/mol. The van der Waals surface area contributed by atoms with Gasteiger partial charge in [-0.25, -0.2) is 19.6 Å². The van der Waals surface area contributed by atoms with Crippen molar-refractivity contribution in [3.8, 4) is 0 Å². The molecule has 28 heavy (non-hydrogen) atoms. The summed E-state index contributed by atoms with van der Waals surface area (Å²) in [6.45, 7) is 13.8. The van der Waals surface area contributed by atoms with Crippen LogP contribution in [0.2, 0.25) is 18.6 Å². The molecule has 0 aliphatic carbocycles. The summed E-state index contributed by atoms with van der Waals surface area (Å²) >= 11 is 0. The average Bonchev–Trinajstić information content (AvgIpc) is 2.66. The molecule has 0 amide bonds. The molecule has 0 heterocycles. The number of hydrogen-bond acceptors (Lipinski definition) is 8. The average molecular weight is 435 g/mol. The smallest absolute Gasteiger partial charge is 0.334 e. The summed E-state index contributed by atoms with van der Waals surface area (Å²) in [7, 11) is -3.41. The molecule has 0 aromatic heterocycles. The highest BCUT2D eigenvalue weighted by Gasteiger charge is 2.29. The Morgan fingerprint density at radius 3 is 1.71 bits per heavy atom. The van der Waals surface area contributed by atoms with Crippen LogP contribution in [0.3, 0.4) is 0 Å². The van der Waals surface area contributed by atoms with Crippen LogP contribution in [-0.2, 0) is 27.3 Å². The largest absolute Gasteiger partial charge is 0.397 e. The lowest BCUT2D eigenvalue weighted by atomic mass is 10.3. The van der Waals surface area contributed by atoms with Crippen molar-refractivity contribution in [3.63, 3.8) is 0 Å². The zero-order valence-corrected chi connectivity index (χ0v) is 20.4. The normalized spacial score (nSPS) is 10.6. The zero-order chi connectivity index (χ0) is 21.5. The molecule has 0 aliphatic rings. The summed E-state index contributed by atoms with van der Waals surface area (Å²) in [5.41, 5.74) is 0. The minimum Gasteiger partial charge on any atom is -0.397 e. The molecule has 0 saturated heterocycles. The molecule has 0 saturated carbocycles. The van der Waals surface area contributed by atoms with E-state index in [1.54, 1.807) is 0 Å². The molecule has 0 aromatic carbocycles. The number of isocyanates is 2. The predicted octanol–water partition coefficient (Wildman–Crippen LogP) is 3.25. The van der Waals surface area contributed by atoms with Gasteiger partial charge >= 0.3 is 17.8 Å². The summed E-state index contributed by atoms with van der Waals surface area (Å²) in [6.07, 6.45) is 5.82. The molecule has 0 aliphatic heterocycles. The molecule has 0 atom stereocenters. The second-order valence-electron chi connectivity index (χ2n) is 5.89. The fraction of sp³-hybridized carbons (Fsp3) is 0.889. The minimum atomic E-state index is -1.99. The molecule has 0 N–H and O–H groups in total. The van der Waals surface area contributed by atoms with E-state index in [1.165, 1.54) is 12.2 Å². The Kier molecular flexibility index (Phi) is 23.3. The Morgan fingerprint density at radius 2 is 1.29 bits per heavy atom. The fourth-order valence-corrected chi connectivity index (χ4v) is 6.64. The van der Waals surface area contributed by atoms with Crippen molar-refractivity contribution >= 4 is 30.0 Å². The lowest BCUT2D eigenvalue weighted by Gasteiger charge is -2.25. The third-order valence-corrected chi connectivity index (χ3v) is 8.94. The Bertz CT molecular complexity index is 432. The van der Waals surface area contributed by atoms with E-state index in [-0.39, 0.29) is 0 Å². The Morgan fingerprint density at radius 1 is 0.786 bits per heavy atom. The van der Waals surface area contributed by atoms with Crippen LogP contribution in [0.15, 0.2) is 9.98 Å². The van der Waals surface area contributed by atoms with Gasteiger partial charge in [-0.2, -0.15) is 0 Å². The number of aliphatic imine (C=N–C) groups is 2. The summed E-state index contributed by atoms with van der Waals surface area (Å²) in [4.78, 5) is 26.6. The molecule has 0 bridgehead atoms. The molecule has 10 heteroatoms. The molecule has 0 aromatic rings. The number of unbranched alkanes of at least 4 members (excludes halogenated alkanes) is 1. The fourth-order valence-electron chi connectivity index (χ4n) is 2.46. The summed E-state index contributed by atoms with van der Waals surface area (Å²) in [6, 6.07) is 1.87. The standard InChI is InChI=1S/2C9H19NO3Si/c1-4-12-14(3,13-5-2)8-6-7-10-9-11;1-3-12-14(13-4-2)8-6-5-7-10-9-11/h4-8H2,1-3H3;14H,3-8H2,1-2H3. The van der Waals surface area contributed by atoms with Gasteiger partial charge in [-0.15, -0.1) is 0 Å². The van der Waals surface area contributed by atoms with E-state index in [9.17, 15) is 9.59 Å². The van der Waals surface area contributed by atoms with Gasteiger partial charge in [-0.1, -0.05) is 0 Å². The Hall–Kier alpha value is -0.966. The summed E-state index contributed by atoms with van der Waals surface area (Å²) in [5, 5.41) is 0. The molecule has 164 valence electrons. The third kappa shape index (κ3) is 19.8. The highest BCUT2D eigenvalue weighted by atomic mass is 28.4. The minimum absolute atomic E-state index is 0.520. The van der Waals surface area contributed by atoms with Crippen LogP contribution < -0.4 is 0 Å². The number of carbonyl (C=O) groups excluding carboxylic acids is 2. The highest BCUT2D eigenvalue weighted by Crippen LogP contribution is 2.15. The van der Waals surface area contributed by atoms with Crippen LogP contribution in [0, 0.1) is 0 Å². The number of rotatable bonds is 17. The van der Waals surface area contributed by atoms with Crippen molar-refractivity contribution < 1.29 is 27.3 Å². The van der Waals surface area contributed by atoms with Gasteiger partial charge in [0, 0.05) is 26.4 Å². The maximum absolute atomic E-state index is 9.84. The van der Waals surface area contributed by atoms with Crippen molar-refractivity contribution in [3.05, 3.63) is 0 Å². The van der Waals surface area contributed by atoms with Crippen LogP contribution >= 0.6 is 0 Å². The number of hydrogen-bond donors (Lipinski definition) is 0. The molecular formula is C18H38N2O6Si2. The van der Waals surface area contributed by atoms with Crippen LogP contribution in [0.5, 0.6) is 0 Å². The highest BCUT2D eigenvalue weighted by molar-refractivity contribution is 6.66. The molecule has 0 unspecified atom stereocenters. The Balaban J connectivity index is 0. The van der Waals surface area contributed by atoms with Crippen LogP contribution in [-0.4, -0.2) is 69.5 Å². The second kappa shape index (κ2) is 22.3. The second-order valence-corrected chi connectivity index (χ2v) is 11.3. The monoisotopic (exact) mass is 434 g/mol. The summed E-state index contributed by atoms with van der Waals surface area (Å²) < 4.78 is 22.2. The number of nitrogens with zero attached hydrogens (tertiary/aromatic N) is 2. The van der Waals surface area contributed by atoms with Gasteiger partial charge < -0.3 is 17.7 Å². The van der Waals surface area contributed by atoms with Crippen molar-refractivity contribution in [1.29, 1.82) is 0 Å². The van der Waals surface area contributed by atoms with Crippen LogP contribution in [0.25, 0.3) is 0 Å². The molecule has 8 nitrogen and oxygen atoms in total. The molecule has 0 spiro atoms. The van der Waals surface area contributed by atoms with Crippen molar-refractivity contribution in [2.24, 2.45) is 9.98 Å². The first-order valence-electron chi connectivity index (χ1n) is 10.1. The van der Waals surface area contributed by atoms with Gasteiger partial charge in [0.15, 0.2) is 0 Å². The van der Waals surface area contributed by atoms with Gasteiger partial charge in [-0.3, -0.25) is 0 Å². The third-order valence-electron chi connectivity index (χ3n) is 3.59. The van der Waals surface area contributed by atoms with Crippen molar-refractivity contribution in [1.82, 2.24) is 0 Å². The van der Waals surface area contributed by atoms with E-state index >= 15 is 0 Å². The summed E-state index contributed by atoms with van der Waals surface area (Å²) in [5.74, 6) is 0. The van der Waals surface area contributed by atoms with Crippen molar-refractivity contribution in [2.75, 3.05) is 39.5 Å². The van der Waals surface area contributed by atoms with Gasteiger partial charge in [0.2, 0.25) is 12.2 Å². The SMILES string of the molecule is CCO[SiH](CCCCN=C=O)OCC.CCO[Si](C)(CCCN=C=O)OCC. The van der Waals surface area contributed by atoms with Crippen LogP contribution in [0.1, 0.15) is 47.0 Å². The maximum Gasteiger partial charge on any atom is 0.334 e. The van der Waals surface area contributed by atoms with E-state index in [0.29, 0.717) is 26.3 Å². The topological polar surface area (TPSA) is 95.8 Å². The van der Waals surface area contributed by atoms with Gasteiger partial charge in [0.1, 0.15) is 0 Å². The van der Waals surface area contributed by atoms with Crippen molar-refractivity contribution in [2.45, 2.75) is 65.6 Å².